The molecule has 0 aliphatic heterocycles. The Bertz CT molecular complexity index is 12.1. The molecule has 0 saturated heterocycles. The Kier molecular flexibility index (Phi) is 13700. The molecule has 0 rings (SSSR count). The molecule has 0 spiro atoms. The van der Waals surface area contributed by atoms with Gasteiger partial charge in [-0.1, -0.05) is 55.4 Å². The second-order valence-electron chi connectivity index (χ2n) is 0. The predicted molar refractivity (Wildman–Crippen MR) is 46.8 cm³/mol. The van der Waals surface area contributed by atoms with Gasteiger partial charge in [-0.25, -0.2) is 0 Å². The Morgan fingerprint density at radius 3 is 0.364 bits per heavy atom. The van der Waals surface area contributed by atoms with Crippen LogP contribution in [0.15, 0.2) is 0 Å². The Hall–Kier alpha value is 0.634. The molecule has 0 atom stereocenters. The summed E-state index contributed by atoms with van der Waals surface area (Å²) in [5.41, 5.74) is 0. The fourth-order valence-electron chi connectivity index (χ4n) is 0. The van der Waals surface area contributed by atoms with Crippen LogP contribution in [-0.4, -0.2) is 0 Å². The fourth-order valence-corrected chi connectivity index (χ4v) is 0. The first kappa shape index (κ1) is 61.3. The summed E-state index contributed by atoms with van der Waals surface area (Å²) >= 11 is 0. The molecule has 0 amide bonds. The summed E-state index contributed by atoms with van der Waals surface area (Å²) in [6.07, 6.45) is 0. The summed E-state index contributed by atoms with van der Waals surface area (Å²) in [6, 6.07) is 0. The molecule has 0 aromatic rings. The van der Waals surface area contributed by atoms with Crippen LogP contribution in [0.4, 0.5) is 0 Å². The van der Waals surface area contributed by atoms with Crippen LogP contribution in [0.25, 0.3) is 0 Å². The zero-order valence-electron chi connectivity index (χ0n) is 9.32. The fraction of sp³-hybridized carbons (Fsp3) is 1.00. The minimum atomic E-state index is 0. The minimum absolute atomic E-state index is 0. The van der Waals surface area contributed by atoms with E-state index < -0.39 is 0 Å². The molecule has 0 unspecified atom stereocenters. The van der Waals surface area contributed by atoms with E-state index in [0.29, 0.717) is 0 Å². The van der Waals surface area contributed by atoms with Gasteiger partial charge in [0.05, 0.1) is 0 Å². The Labute approximate surface area is 88.3 Å². The first-order valence-electron chi connectivity index (χ1n) is 4.00. The largest absolute Gasteiger partial charge is 4.00 e. The van der Waals surface area contributed by atoms with Crippen LogP contribution in [0.1, 0.15) is 55.4 Å². The van der Waals surface area contributed by atoms with Crippen LogP contribution in [-0.2, 0) is 32.7 Å². The molecule has 11 heavy (non-hydrogen) atoms. The van der Waals surface area contributed by atoms with E-state index in [9.17, 15) is 0 Å². The number of hydrogen-bond donors (Lipinski definition) is 0. The Balaban J connectivity index is -0.00000000356. The van der Waals surface area contributed by atoms with Gasteiger partial charge in [0.15, 0.2) is 0 Å². The predicted octanol–water partition coefficient (Wildman–Crippen LogP) is 3.86. The maximum absolute atomic E-state index is 2.00. The summed E-state index contributed by atoms with van der Waals surface area (Å²) in [6.45, 7) is 16.0. The summed E-state index contributed by atoms with van der Waals surface area (Å²) < 4.78 is 0. The topological polar surface area (TPSA) is 57.0 Å². The molecule has 0 aromatic heterocycles. The van der Waals surface area contributed by atoms with E-state index in [1.54, 1.807) is 0 Å². The number of hydrogen-bond acceptors (Lipinski definition) is 0. The molecule has 0 N–H and O–H groups in total. The molecule has 2 nitrogen and oxygen atoms in total. The summed E-state index contributed by atoms with van der Waals surface area (Å²) in [5, 5.41) is 0. The van der Waals surface area contributed by atoms with Crippen molar-refractivity contribution in [3.63, 3.8) is 0 Å². The van der Waals surface area contributed by atoms with Crippen LogP contribution in [0.2, 0.25) is 0 Å². The average Bonchev–Trinajstić information content (AvgIpc) is 2.03. The van der Waals surface area contributed by atoms with Gasteiger partial charge >= 0.3 is 21.7 Å². The molecule has 72 valence electrons. The minimum Gasteiger partial charge on any atom is -2.00 e. The molecule has 0 saturated carbocycles. The summed E-state index contributed by atoms with van der Waals surface area (Å²) in [7, 11) is 0. The monoisotopic (exact) mass is 200 g/mol. The van der Waals surface area contributed by atoms with Crippen LogP contribution in [0.3, 0.4) is 0 Å². The van der Waals surface area contributed by atoms with Gasteiger partial charge in [0.2, 0.25) is 0 Å². The smallest absolute Gasteiger partial charge is 2.00 e. The molecular formula is C8H24O2Ti. The molecule has 0 aliphatic rings. The summed E-state index contributed by atoms with van der Waals surface area (Å²) in [4.78, 5) is 0. The van der Waals surface area contributed by atoms with E-state index in [-0.39, 0.29) is 32.7 Å². The van der Waals surface area contributed by atoms with Gasteiger partial charge < -0.3 is 11.0 Å². The second-order valence-corrected chi connectivity index (χ2v) is 0. The van der Waals surface area contributed by atoms with Crippen molar-refractivity contribution in [1.29, 1.82) is 0 Å². The molecule has 0 aliphatic carbocycles. The average molecular weight is 200 g/mol. The zero-order chi connectivity index (χ0) is 8.00. The van der Waals surface area contributed by atoms with Crippen LogP contribution in [0.5, 0.6) is 0 Å². The maximum Gasteiger partial charge on any atom is 4.00 e. The van der Waals surface area contributed by atoms with E-state index >= 15 is 0 Å². The van der Waals surface area contributed by atoms with Gasteiger partial charge in [-0.15, -0.1) is 0 Å². The zero-order valence-corrected chi connectivity index (χ0v) is 10.9. The van der Waals surface area contributed by atoms with Crippen molar-refractivity contribution < 1.29 is 32.7 Å². The molecule has 0 heterocycles. The summed E-state index contributed by atoms with van der Waals surface area (Å²) in [5.74, 6) is 0. The Morgan fingerprint density at radius 1 is 0.364 bits per heavy atom. The molecule has 0 aromatic carbocycles. The van der Waals surface area contributed by atoms with Gasteiger partial charge in [0.25, 0.3) is 0 Å². The van der Waals surface area contributed by atoms with Crippen molar-refractivity contribution in [1.82, 2.24) is 0 Å². The molecule has 0 bridgehead atoms. The quantitative estimate of drug-likeness (QED) is 0.533. The van der Waals surface area contributed by atoms with Crippen molar-refractivity contribution in [2.24, 2.45) is 0 Å². The van der Waals surface area contributed by atoms with E-state index in [1.807, 2.05) is 55.4 Å². The van der Waals surface area contributed by atoms with Crippen molar-refractivity contribution in [2.45, 2.75) is 55.4 Å². The van der Waals surface area contributed by atoms with Crippen LogP contribution >= 0.6 is 0 Å². The van der Waals surface area contributed by atoms with Gasteiger partial charge in [-0.2, -0.15) is 0 Å². The Morgan fingerprint density at radius 2 is 0.364 bits per heavy atom. The van der Waals surface area contributed by atoms with Crippen LogP contribution < -0.4 is 0 Å². The molecule has 0 radical (unpaired) electrons. The maximum atomic E-state index is 2.00. The first-order chi connectivity index (χ1) is 4.00. The van der Waals surface area contributed by atoms with Gasteiger partial charge in [-0.05, 0) is 0 Å². The standard InChI is InChI=1S/4C2H6.2O.Ti/c4*1-2;;;/h4*1-2H3;;;/q;;;;2*-2;+4. The third-order valence-corrected chi connectivity index (χ3v) is 0. The van der Waals surface area contributed by atoms with Crippen molar-refractivity contribution in [2.75, 3.05) is 0 Å². The third-order valence-electron chi connectivity index (χ3n) is 0. The SMILES string of the molecule is CC.CC.CC.CC.[O-2].[O-2].[Ti+4]. The van der Waals surface area contributed by atoms with Crippen LogP contribution in [0, 0.1) is 0 Å². The molecule has 3 heteroatoms. The van der Waals surface area contributed by atoms with Gasteiger partial charge in [0, 0.05) is 0 Å². The van der Waals surface area contributed by atoms with E-state index in [1.165, 1.54) is 0 Å². The second kappa shape index (κ2) is 2450. The van der Waals surface area contributed by atoms with Crippen molar-refractivity contribution in [3.8, 4) is 0 Å². The number of rotatable bonds is 0. The van der Waals surface area contributed by atoms with Gasteiger partial charge in [0.1, 0.15) is 0 Å². The van der Waals surface area contributed by atoms with E-state index in [0.717, 1.165) is 0 Å². The van der Waals surface area contributed by atoms with Gasteiger partial charge in [-0.3, -0.25) is 0 Å². The first-order valence-corrected chi connectivity index (χ1v) is 4.00. The van der Waals surface area contributed by atoms with Crippen molar-refractivity contribution in [3.05, 3.63) is 0 Å². The molecular weight excluding hydrogens is 176 g/mol. The third kappa shape index (κ3) is 1970. The van der Waals surface area contributed by atoms with E-state index in [2.05, 4.69) is 0 Å². The normalized spacial score (nSPS) is 2.18. The molecule has 0 fully saturated rings. The van der Waals surface area contributed by atoms with Crippen molar-refractivity contribution >= 4 is 0 Å². The van der Waals surface area contributed by atoms with E-state index in [4.69, 9.17) is 0 Å².